The number of phenols is 3. The second-order valence-corrected chi connectivity index (χ2v) is 15.2. The van der Waals surface area contributed by atoms with Gasteiger partial charge in [0.15, 0.2) is 34.7 Å². The van der Waals surface area contributed by atoms with Crippen molar-refractivity contribution < 1.29 is 94.2 Å². The number of phenolic OH excluding ortho intramolecular Hbond substituents is 3. The number of carboxylic acid groups (broad SMARTS) is 1. The molecule has 23 nitrogen and oxygen atoms in total. The maximum atomic E-state index is 13.9. The summed E-state index contributed by atoms with van der Waals surface area (Å²) < 4.78 is 29.0. The Morgan fingerprint density at radius 1 is 0.921 bits per heavy atom. The molecule has 2 fully saturated rings. The molecule has 4 aliphatic rings. The molecule has 1 aromatic heterocycles. The Bertz CT molecular complexity index is 2450. The van der Waals surface area contributed by atoms with Gasteiger partial charge in [0.05, 0.1) is 11.9 Å². The molecule has 340 valence electrons. The lowest BCUT2D eigenvalue weighted by Crippen LogP contribution is -2.71. The van der Waals surface area contributed by atoms with Crippen LogP contribution in [0.1, 0.15) is 23.5 Å². The standard InChI is InChI=1S/C40H45N3O20/c1-42-23-10-17(15-2-3-24(41)43-13-15)25-22(12-21-26(28(25)49)18(46)11-20(59-21)16-8-14(4-6-44)27(48)19(47)9-16)61-40(23)35(55)30(51)29(50)33(62-40)36(56)60-37-32(53)31(52)34(54)39(63-37,5-7-45)38(57)58/h2-3,8-13,17,24,29-35,37,42-45,47-55H,4-7,41H2,1H3,(H,57,58)/t17-,24?,29-,30-,31+,32+,33-,34-,35+,37-,39-,40-/m0/s1. The molecule has 12 atom stereocenters. The van der Waals surface area contributed by atoms with E-state index in [-0.39, 0.29) is 45.5 Å². The number of aromatic hydroxyl groups is 3. The quantitative estimate of drug-likeness (QED) is 0.0690. The van der Waals surface area contributed by atoms with E-state index in [1.165, 1.54) is 25.4 Å². The third kappa shape index (κ3) is 7.51. The zero-order valence-electron chi connectivity index (χ0n) is 32.9. The first-order valence-corrected chi connectivity index (χ1v) is 19.3. The smallest absolute Gasteiger partial charge is 0.340 e. The van der Waals surface area contributed by atoms with Crippen LogP contribution in [0.2, 0.25) is 0 Å². The highest BCUT2D eigenvalue weighted by Crippen LogP contribution is 2.51. The Hall–Kier alpha value is -5.83. The first kappa shape index (κ1) is 45.2. The fourth-order valence-corrected chi connectivity index (χ4v) is 8.08. The lowest BCUT2D eigenvalue weighted by molar-refractivity contribution is -0.337. The maximum absolute atomic E-state index is 13.9. The van der Waals surface area contributed by atoms with E-state index >= 15 is 0 Å². The number of fused-ring (bicyclic) bond motifs is 2. The van der Waals surface area contributed by atoms with E-state index in [1.54, 1.807) is 12.2 Å². The van der Waals surface area contributed by atoms with Gasteiger partial charge in [-0.1, -0.05) is 6.08 Å². The van der Waals surface area contributed by atoms with Gasteiger partial charge in [-0.2, -0.15) is 0 Å². The van der Waals surface area contributed by atoms with Crippen LogP contribution in [0.15, 0.2) is 69.2 Å². The number of nitrogens with one attached hydrogen (secondary N) is 2. The van der Waals surface area contributed by atoms with E-state index in [1.807, 2.05) is 0 Å². The predicted octanol–water partition coefficient (Wildman–Crippen LogP) is -3.62. The Kier molecular flexibility index (Phi) is 12.2. The average Bonchev–Trinajstić information content (AvgIpc) is 3.38. The molecular formula is C40H45N3O20. The molecule has 2 saturated heterocycles. The summed E-state index contributed by atoms with van der Waals surface area (Å²) in [5.41, 5.74) is 2.08. The van der Waals surface area contributed by atoms with Crippen LogP contribution in [-0.4, -0.2) is 160 Å². The normalized spacial score (nSPS) is 32.7. The summed E-state index contributed by atoms with van der Waals surface area (Å²) in [5.74, 6) is -10.0. The largest absolute Gasteiger partial charge is 0.507 e. The van der Waals surface area contributed by atoms with Crippen LogP contribution in [0.5, 0.6) is 23.0 Å². The number of benzene rings is 2. The first-order valence-electron chi connectivity index (χ1n) is 19.3. The number of aliphatic hydroxyl groups is 8. The van der Waals surface area contributed by atoms with Gasteiger partial charge in [-0.3, -0.25) is 4.79 Å². The molecule has 16 N–H and O–H groups in total. The highest BCUT2D eigenvalue weighted by molar-refractivity contribution is 5.89. The number of nitrogens with two attached hydrogens (primary N) is 1. The monoisotopic (exact) mass is 887 g/mol. The Morgan fingerprint density at radius 2 is 1.63 bits per heavy atom. The van der Waals surface area contributed by atoms with E-state index in [0.717, 1.165) is 18.2 Å². The topological polar surface area (TPSA) is 394 Å². The zero-order chi connectivity index (χ0) is 45.9. The molecule has 23 heteroatoms. The highest BCUT2D eigenvalue weighted by atomic mass is 16.8. The minimum absolute atomic E-state index is 0.0621. The Morgan fingerprint density at radius 3 is 2.27 bits per heavy atom. The molecule has 3 aromatic rings. The molecule has 1 unspecified atom stereocenters. The van der Waals surface area contributed by atoms with E-state index in [2.05, 4.69) is 10.6 Å². The van der Waals surface area contributed by atoms with Crippen LogP contribution in [0, 0.1) is 0 Å². The molecule has 0 bridgehead atoms. The van der Waals surface area contributed by atoms with Crippen LogP contribution in [0.4, 0.5) is 0 Å². The predicted molar refractivity (Wildman–Crippen MR) is 209 cm³/mol. The average molecular weight is 888 g/mol. The van der Waals surface area contributed by atoms with Gasteiger partial charge in [0.25, 0.3) is 5.79 Å². The van der Waals surface area contributed by atoms with Crippen molar-refractivity contribution in [3.05, 3.63) is 81.3 Å². The van der Waals surface area contributed by atoms with Gasteiger partial charge in [0, 0.05) is 67.6 Å². The summed E-state index contributed by atoms with van der Waals surface area (Å²) in [6.45, 7) is -1.33. The summed E-state index contributed by atoms with van der Waals surface area (Å²) in [5, 5.41) is 133. The molecule has 0 amide bonds. The number of allylic oxidation sites excluding steroid dienone is 3. The van der Waals surface area contributed by atoms with Crippen molar-refractivity contribution in [3.8, 4) is 34.3 Å². The molecule has 5 heterocycles. The summed E-state index contributed by atoms with van der Waals surface area (Å²) in [4.78, 5) is 40.1. The fraction of sp³-hybridized carbons (Fsp3) is 0.425. The third-order valence-corrected chi connectivity index (χ3v) is 11.4. The van der Waals surface area contributed by atoms with Crippen molar-refractivity contribution in [3.63, 3.8) is 0 Å². The number of hydrogen-bond acceptors (Lipinski definition) is 22. The summed E-state index contributed by atoms with van der Waals surface area (Å²) in [6.07, 6.45) is -14.5. The molecular weight excluding hydrogens is 842 g/mol. The second kappa shape index (κ2) is 17.0. The van der Waals surface area contributed by atoms with Crippen molar-refractivity contribution in [2.75, 3.05) is 20.3 Å². The van der Waals surface area contributed by atoms with E-state index in [0.29, 0.717) is 5.57 Å². The van der Waals surface area contributed by atoms with E-state index in [9.17, 15) is 75.7 Å². The van der Waals surface area contributed by atoms with Gasteiger partial charge < -0.3 is 101 Å². The number of hydrogen-bond donors (Lipinski definition) is 15. The van der Waals surface area contributed by atoms with Crippen LogP contribution in [-0.2, 0) is 30.2 Å². The fourth-order valence-electron chi connectivity index (χ4n) is 8.08. The SMILES string of the molecule is CNC1=C[C@@H](C2=CNC(N)C=C2)c2c(cc3oc(-c4cc(O)c(O)c(CCO)c4)cc(=O)c3c2O)O[C@]12O[C@H](C(=O)O[C@H]1O[C@](CCO)(C(=O)O)[C@@H](O)[C@H](O)[C@H]1O)[C@@H](O)[C@H](O)[C@H]2O. The zero-order valence-corrected chi connectivity index (χ0v) is 32.9. The Labute approximate surface area is 354 Å². The van der Waals surface area contributed by atoms with Crippen molar-refractivity contribution in [1.29, 1.82) is 0 Å². The van der Waals surface area contributed by atoms with Crippen molar-refractivity contribution in [2.45, 2.75) is 85.3 Å². The van der Waals surface area contributed by atoms with Crippen LogP contribution < -0.4 is 26.5 Å². The second-order valence-electron chi connectivity index (χ2n) is 15.2. The molecule has 0 saturated carbocycles. The number of likely N-dealkylation sites (N-methyl/N-ethyl adjacent to an activating group) is 1. The van der Waals surface area contributed by atoms with Gasteiger partial charge in [-0.05, 0) is 36.3 Å². The molecule has 7 rings (SSSR count). The van der Waals surface area contributed by atoms with Crippen LogP contribution in [0.3, 0.4) is 0 Å². The number of carbonyl (C=O) groups excluding carboxylic acids is 1. The molecule has 4 aliphatic heterocycles. The minimum atomic E-state index is -2.82. The third-order valence-electron chi connectivity index (χ3n) is 11.4. The van der Waals surface area contributed by atoms with Gasteiger partial charge in [-0.25, -0.2) is 9.59 Å². The number of carboxylic acids is 1. The van der Waals surface area contributed by atoms with Gasteiger partial charge in [0.1, 0.15) is 58.7 Å². The Balaban J connectivity index is 1.37. The lowest BCUT2D eigenvalue weighted by Gasteiger charge is -2.48. The van der Waals surface area contributed by atoms with Crippen LogP contribution >= 0.6 is 0 Å². The minimum Gasteiger partial charge on any atom is -0.507 e. The number of esters is 1. The van der Waals surface area contributed by atoms with Crippen molar-refractivity contribution >= 4 is 22.9 Å². The summed E-state index contributed by atoms with van der Waals surface area (Å²) in [7, 11) is 1.32. The van der Waals surface area contributed by atoms with Gasteiger partial charge in [-0.15, -0.1) is 0 Å². The number of carbonyl (C=O) groups is 2. The van der Waals surface area contributed by atoms with E-state index < -0.39 is 132 Å². The highest BCUT2D eigenvalue weighted by Gasteiger charge is 2.63. The van der Waals surface area contributed by atoms with E-state index in [4.69, 9.17) is 29.1 Å². The number of rotatable bonds is 10. The van der Waals surface area contributed by atoms with Gasteiger partial charge >= 0.3 is 11.9 Å². The van der Waals surface area contributed by atoms with Gasteiger partial charge in [0.2, 0.25) is 6.29 Å². The number of ether oxygens (including phenoxy) is 4. The number of aliphatic carboxylic acids is 1. The number of aliphatic hydroxyl groups excluding tert-OH is 8. The molecule has 1 spiro atoms. The molecule has 2 aromatic carbocycles. The lowest BCUT2D eigenvalue weighted by atomic mass is 9.84. The molecule has 0 aliphatic carbocycles. The maximum Gasteiger partial charge on any atom is 0.340 e. The molecule has 63 heavy (non-hydrogen) atoms. The first-order chi connectivity index (χ1) is 29.8. The summed E-state index contributed by atoms with van der Waals surface area (Å²) >= 11 is 0. The van der Waals surface area contributed by atoms with Crippen molar-refractivity contribution in [2.24, 2.45) is 5.73 Å². The molecule has 0 radical (unpaired) electrons. The van der Waals surface area contributed by atoms with Crippen molar-refractivity contribution in [1.82, 2.24) is 10.6 Å². The van der Waals surface area contributed by atoms with Crippen LogP contribution in [0.25, 0.3) is 22.3 Å². The number of dihydropyridines is 1. The summed E-state index contributed by atoms with van der Waals surface area (Å²) in [6, 6.07) is 4.55.